The standard InChI is InChI=1S/C11H15NO3S/c1-15-6-5-12-4-2-9-8(3-7-16-9)10(12)11(13)14/h3,7,10H,2,4-6H2,1H3,(H,13,14). The van der Waals surface area contributed by atoms with Crippen molar-refractivity contribution in [1.29, 1.82) is 0 Å². The SMILES string of the molecule is COCCN1CCc2sccc2C1C(=O)O. The number of carboxylic acids is 1. The summed E-state index contributed by atoms with van der Waals surface area (Å²) >= 11 is 1.65. The fourth-order valence-corrected chi connectivity index (χ4v) is 3.01. The number of thiophene rings is 1. The zero-order valence-electron chi connectivity index (χ0n) is 9.18. The smallest absolute Gasteiger partial charge is 0.325 e. The highest BCUT2D eigenvalue weighted by atomic mass is 32.1. The van der Waals surface area contributed by atoms with Crippen molar-refractivity contribution in [3.8, 4) is 0 Å². The van der Waals surface area contributed by atoms with Crippen LogP contribution in [0, 0.1) is 0 Å². The molecule has 4 nitrogen and oxygen atoms in total. The highest BCUT2D eigenvalue weighted by molar-refractivity contribution is 7.10. The van der Waals surface area contributed by atoms with E-state index in [2.05, 4.69) is 0 Å². The van der Waals surface area contributed by atoms with Crippen LogP contribution in [0.25, 0.3) is 0 Å². The topological polar surface area (TPSA) is 49.8 Å². The monoisotopic (exact) mass is 241 g/mol. The molecule has 88 valence electrons. The number of hydrogen-bond donors (Lipinski definition) is 1. The van der Waals surface area contributed by atoms with Crippen molar-refractivity contribution in [1.82, 2.24) is 4.90 Å². The van der Waals surface area contributed by atoms with Gasteiger partial charge in [0.25, 0.3) is 0 Å². The summed E-state index contributed by atoms with van der Waals surface area (Å²) in [5, 5.41) is 11.3. The van der Waals surface area contributed by atoms with Gasteiger partial charge in [-0.1, -0.05) is 0 Å². The summed E-state index contributed by atoms with van der Waals surface area (Å²) in [5.74, 6) is -0.768. The molecule has 16 heavy (non-hydrogen) atoms. The lowest BCUT2D eigenvalue weighted by Gasteiger charge is -2.32. The maximum atomic E-state index is 11.3. The molecule has 1 aliphatic heterocycles. The number of rotatable bonds is 4. The van der Waals surface area contributed by atoms with E-state index in [1.54, 1.807) is 18.4 Å². The lowest BCUT2D eigenvalue weighted by atomic mass is 10.0. The maximum absolute atomic E-state index is 11.3. The number of aliphatic carboxylic acids is 1. The fourth-order valence-electron chi connectivity index (χ4n) is 2.11. The molecule has 0 saturated carbocycles. The average molecular weight is 241 g/mol. The highest BCUT2D eigenvalue weighted by Gasteiger charge is 2.33. The first-order valence-corrected chi connectivity index (χ1v) is 6.14. The van der Waals surface area contributed by atoms with Crippen molar-refractivity contribution >= 4 is 17.3 Å². The summed E-state index contributed by atoms with van der Waals surface area (Å²) in [6, 6.07) is 1.43. The van der Waals surface area contributed by atoms with E-state index in [-0.39, 0.29) is 0 Å². The predicted octanol–water partition coefficient (Wildman–Crippen LogP) is 1.38. The van der Waals surface area contributed by atoms with Gasteiger partial charge in [0.05, 0.1) is 6.61 Å². The number of hydrogen-bond acceptors (Lipinski definition) is 4. The van der Waals surface area contributed by atoms with Crippen LogP contribution in [0.15, 0.2) is 11.4 Å². The number of fused-ring (bicyclic) bond motifs is 1. The Morgan fingerprint density at radius 3 is 3.25 bits per heavy atom. The fraction of sp³-hybridized carbons (Fsp3) is 0.545. The molecule has 5 heteroatoms. The van der Waals surface area contributed by atoms with Crippen LogP contribution >= 0.6 is 11.3 Å². The first-order chi connectivity index (χ1) is 7.74. The molecule has 0 aromatic carbocycles. The Labute approximate surface area is 98.4 Å². The van der Waals surface area contributed by atoms with E-state index >= 15 is 0 Å². The van der Waals surface area contributed by atoms with Gasteiger partial charge in [-0.3, -0.25) is 9.69 Å². The molecule has 2 rings (SSSR count). The summed E-state index contributed by atoms with van der Waals surface area (Å²) in [7, 11) is 1.63. The second-order valence-corrected chi connectivity index (χ2v) is 4.82. The van der Waals surface area contributed by atoms with Gasteiger partial charge in [-0.2, -0.15) is 0 Å². The molecule has 1 N–H and O–H groups in total. The summed E-state index contributed by atoms with van der Waals surface area (Å²) in [5.41, 5.74) is 0.958. The van der Waals surface area contributed by atoms with E-state index in [1.807, 2.05) is 16.3 Å². The zero-order chi connectivity index (χ0) is 11.5. The minimum absolute atomic E-state index is 0.495. The van der Waals surface area contributed by atoms with Crippen LogP contribution in [0.1, 0.15) is 16.5 Å². The molecule has 0 fully saturated rings. The molecule has 2 heterocycles. The summed E-state index contributed by atoms with van der Waals surface area (Å²) in [6.45, 7) is 2.04. The summed E-state index contributed by atoms with van der Waals surface area (Å²) in [6.07, 6.45) is 0.945. The molecule has 0 saturated heterocycles. The minimum atomic E-state index is -0.768. The van der Waals surface area contributed by atoms with E-state index in [0.29, 0.717) is 13.2 Å². The summed E-state index contributed by atoms with van der Waals surface area (Å²) < 4.78 is 5.01. The van der Waals surface area contributed by atoms with Crippen LogP contribution in [0.5, 0.6) is 0 Å². The van der Waals surface area contributed by atoms with Gasteiger partial charge in [0.15, 0.2) is 0 Å². The van der Waals surface area contributed by atoms with Crippen LogP contribution in [-0.2, 0) is 16.0 Å². The normalized spacial score (nSPS) is 20.7. The van der Waals surface area contributed by atoms with Crippen LogP contribution < -0.4 is 0 Å². The van der Waals surface area contributed by atoms with Gasteiger partial charge in [-0.15, -0.1) is 11.3 Å². The van der Waals surface area contributed by atoms with Gasteiger partial charge in [-0.05, 0) is 23.4 Å². The Morgan fingerprint density at radius 1 is 1.75 bits per heavy atom. The van der Waals surface area contributed by atoms with Crippen molar-refractivity contribution in [2.45, 2.75) is 12.5 Å². The van der Waals surface area contributed by atoms with E-state index in [4.69, 9.17) is 4.74 Å². The number of methoxy groups -OCH3 is 1. The molecule has 1 aliphatic rings. The third kappa shape index (κ3) is 2.11. The molecular formula is C11H15NO3S. The van der Waals surface area contributed by atoms with Gasteiger partial charge in [-0.25, -0.2) is 0 Å². The second kappa shape index (κ2) is 4.95. The molecule has 1 aromatic heterocycles. The second-order valence-electron chi connectivity index (χ2n) is 3.82. The number of carboxylic acid groups (broad SMARTS) is 1. The quantitative estimate of drug-likeness (QED) is 0.865. The van der Waals surface area contributed by atoms with Crippen LogP contribution in [0.3, 0.4) is 0 Å². The van der Waals surface area contributed by atoms with Crippen LogP contribution in [0.4, 0.5) is 0 Å². The Hall–Kier alpha value is -0.910. The van der Waals surface area contributed by atoms with E-state index in [1.165, 1.54) is 4.88 Å². The third-order valence-electron chi connectivity index (χ3n) is 2.88. The maximum Gasteiger partial charge on any atom is 0.325 e. The average Bonchev–Trinajstić information content (AvgIpc) is 2.72. The Kier molecular flexibility index (Phi) is 3.58. The molecular weight excluding hydrogens is 226 g/mol. The van der Waals surface area contributed by atoms with Crippen molar-refractivity contribution in [2.75, 3.05) is 26.8 Å². The predicted molar refractivity (Wildman–Crippen MR) is 61.8 cm³/mol. The Morgan fingerprint density at radius 2 is 2.56 bits per heavy atom. The van der Waals surface area contributed by atoms with Gasteiger partial charge in [0, 0.05) is 25.1 Å². The third-order valence-corrected chi connectivity index (χ3v) is 3.88. The molecule has 1 aromatic rings. The molecule has 1 atom stereocenters. The lowest BCUT2D eigenvalue weighted by molar-refractivity contribution is -0.144. The molecule has 1 unspecified atom stereocenters. The van der Waals surface area contributed by atoms with Crippen LogP contribution in [0.2, 0.25) is 0 Å². The Bertz CT molecular complexity index is 377. The largest absolute Gasteiger partial charge is 0.480 e. The Balaban J connectivity index is 2.20. The van der Waals surface area contributed by atoms with Crippen molar-refractivity contribution in [3.05, 3.63) is 21.9 Å². The molecule has 0 spiro atoms. The van der Waals surface area contributed by atoms with Crippen molar-refractivity contribution in [3.63, 3.8) is 0 Å². The van der Waals surface area contributed by atoms with E-state index < -0.39 is 12.0 Å². The van der Waals surface area contributed by atoms with Crippen LogP contribution in [-0.4, -0.2) is 42.8 Å². The highest BCUT2D eigenvalue weighted by Crippen LogP contribution is 2.33. The molecule has 0 aliphatic carbocycles. The van der Waals surface area contributed by atoms with Crippen molar-refractivity contribution in [2.24, 2.45) is 0 Å². The zero-order valence-corrected chi connectivity index (χ0v) is 10.00. The van der Waals surface area contributed by atoms with Gasteiger partial charge < -0.3 is 9.84 Å². The van der Waals surface area contributed by atoms with Crippen molar-refractivity contribution < 1.29 is 14.6 Å². The number of carbonyl (C=O) groups is 1. The lowest BCUT2D eigenvalue weighted by Crippen LogP contribution is -2.40. The molecule has 0 bridgehead atoms. The first-order valence-electron chi connectivity index (χ1n) is 5.26. The minimum Gasteiger partial charge on any atom is -0.480 e. The van der Waals surface area contributed by atoms with Gasteiger partial charge >= 0.3 is 5.97 Å². The van der Waals surface area contributed by atoms with Gasteiger partial charge in [0.2, 0.25) is 0 Å². The molecule has 0 radical (unpaired) electrons. The molecule has 0 amide bonds. The van der Waals surface area contributed by atoms with E-state index in [0.717, 1.165) is 18.5 Å². The van der Waals surface area contributed by atoms with Gasteiger partial charge in [0.1, 0.15) is 6.04 Å². The first kappa shape index (κ1) is 11.6. The number of nitrogens with zero attached hydrogens (tertiary/aromatic N) is 1. The van der Waals surface area contributed by atoms with E-state index in [9.17, 15) is 9.90 Å². The summed E-state index contributed by atoms with van der Waals surface area (Å²) in [4.78, 5) is 14.5. The number of ether oxygens (including phenoxy) is 1.